The third-order valence-electron chi connectivity index (χ3n) is 3.80. The predicted molar refractivity (Wildman–Crippen MR) is 106 cm³/mol. The van der Waals surface area contributed by atoms with Crippen LogP contribution in [-0.2, 0) is 0 Å². The normalized spacial score (nSPS) is 10.7. The van der Waals surface area contributed by atoms with Crippen LogP contribution in [0.3, 0.4) is 0 Å². The molecule has 1 heterocycles. The number of rotatable bonds is 3. The van der Waals surface area contributed by atoms with Gasteiger partial charge >= 0.3 is 0 Å². The highest BCUT2D eigenvalue weighted by Gasteiger charge is 2.16. The first kappa shape index (κ1) is 15.1. The maximum atomic E-state index is 6.24. The van der Waals surface area contributed by atoms with E-state index in [1.165, 1.54) is 0 Å². The molecule has 24 heavy (non-hydrogen) atoms. The first-order valence-corrected chi connectivity index (χ1v) is 8.77. The minimum absolute atomic E-state index is 0.825. The molecule has 0 aliphatic rings. The molecule has 3 aromatic carbocycles. The number of halogens is 1. The predicted octanol–water partition coefficient (Wildman–Crippen LogP) is 6.30. The van der Waals surface area contributed by atoms with Gasteiger partial charge in [-0.2, -0.15) is 0 Å². The van der Waals surface area contributed by atoms with Crippen LogP contribution in [0.5, 0.6) is 11.5 Å². The molecule has 1 aromatic heterocycles. The summed E-state index contributed by atoms with van der Waals surface area (Å²) in [6, 6.07) is 28.2. The summed E-state index contributed by atoms with van der Waals surface area (Å²) in [4.78, 5) is 4.86. The van der Waals surface area contributed by atoms with Crippen molar-refractivity contribution >= 4 is 33.5 Å². The molecule has 0 fully saturated rings. The number of aromatic nitrogens is 1. The first-order chi connectivity index (χ1) is 11.8. The first-order valence-electron chi connectivity index (χ1n) is 7.69. The molecule has 0 atom stereocenters. The maximum absolute atomic E-state index is 6.24. The molecule has 0 radical (unpaired) electrons. The Morgan fingerprint density at radius 1 is 0.708 bits per heavy atom. The lowest BCUT2D eigenvalue weighted by molar-refractivity contribution is 0.485. The van der Waals surface area contributed by atoms with Crippen molar-refractivity contribution < 1.29 is 4.74 Å². The monoisotopic (exact) mass is 423 g/mol. The van der Waals surface area contributed by atoms with Crippen LogP contribution in [0.15, 0.2) is 84.9 Å². The standard InChI is InChI=1S/C21H14INO/c22-19-20(15-9-3-1-4-10-15)23-18-14-8-7-13-17(18)21(19)24-16-11-5-2-6-12-16/h1-14H. The molecule has 0 saturated carbocycles. The number of pyridine rings is 1. The molecule has 4 aromatic rings. The fourth-order valence-corrected chi connectivity index (χ4v) is 3.48. The molecule has 116 valence electrons. The van der Waals surface area contributed by atoms with E-state index in [9.17, 15) is 0 Å². The van der Waals surface area contributed by atoms with Crippen molar-refractivity contribution in [3.05, 3.63) is 88.5 Å². The Morgan fingerprint density at radius 2 is 1.33 bits per heavy atom. The second-order valence-electron chi connectivity index (χ2n) is 5.40. The zero-order valence-electron chi connectivity index (χ0n) is 12.8. The van der Waals surface area contributed by atoms with E-state index in [1.807, 2.05) is 66.7 Å². The zero-order valence-corrected chi connectivity index (χ0v) is 15.0. The van der Waals surface area contributed by atoms with Gasteiger partial charge in [-0.15, -0.1) is 0 Å². The van der Waals surface area contributed by atoms with E-state index < -0.39 is 0 Å². The van der Waals surface area contributed by atoms with Crippen LogP contribution in [0.2, 0.25) is 0 Å². The Hall–Kier alpha value is -2.40. The maximum Gasteiger partial charge on any atom is 0.152 e. The van der Waals surface area contributed by atoms with Gasteiger partial charge in [0.2, 0.25) is 0 Å². The third kappa shape index (κ3) is 2.87. The highest BCUT2D eigenvalue weighted by Crippen LogP contribution is 2.38. The average molecular weight is 423 g/mol. The number of para-hydroxylation sites is 2. The van der Waals surface area contributed by atoms with Crippen LogP contribution in [0, 0.1) is 3.57 Å². The van der Waals surface area contributed by atoms with E-state index in [0.717, 1.165) is 37.2 Å². The molecule has 0 unspecified atom stereocenters. The number of hydrogen-bond acceptors (Lipinski definition) is 2. The van der Waals surface area contributed by atoms with Crippen LogP contribution in [0.1, 0.15) is 0 Å². The summed E-state index contributed by atoms with van der Waals surface area (Å²) < 4.78 is 7.25. The second kappa shape index (κ2) is 6.61. The lowest BCUT2D eigenvalue weighted by Gasteiger charge is -2.14. The smallest absolute Gasteiger partial charge is 0.152 e. The van der Waals surface area contributed by atoms with Crippen molar-refractivity contribution in [3.8, 4) is 22.8 Å². The van der Waals surface area contributed by atoms with E-state index in [0.29, 0.717) is 0 Å². The largest absolute Gasteiger partial charge is 0.455 e. The molecule has 0 amide bonds. The van der Waals surface area contributed by atoms with E-state index in [4.69, 9.17) is 9.72 Å². The lowest BCUT2D eigenvalue weighted by Crippen LogP contribution is -1.96. The molecular weight excluding hydrogens is 409 g/mol. The van der Waals surface area contributed by atoms with Crippen molar-refractivity contribution in [3.63, 3.8) is 0 Å². The molecule has 3 heteroatoms. The summed E-state index contributed by atoms with van der Waals surface area (Å²) in [5, 5.41) is 1.02. The molecule has 0 aliphatic heterocycles. The van der Waals surface area contributed by atoms with Gasteiger partial charge in [0.15, 0.2) is 5.75 Å². The minimum Gasteiger partial charge on any atom is -0.455 e. The Balaban J connectivity index is 1.95. The summed E-state index contributed by atoms with van der Waals surface area (Å²) >= 11 is 2.33. The van der Waals surface area contributed by atoms with Crippen molar-refractivity contribution in [2.75, 3.05) is 0 Å². The van der Waals surface area contributed by atoms with E-state index >= 15 is 0 Å². The topological polar surface area (TPSA) is 22.1 Å². The minimum atomic E-state index is 0.825. The summed E-state index contributed by atoms with van der Waals surface area (Å²) in [5.41, 5.74) is 2.97. The highest BCUT2D eigenvalue weighted by molar-refractivity contribution is 14.1. The van der Waals surface area contributed by atoms with Gasteiger partial charge in [0, 0.05) is 10.9 Å². The van der Waals surface area contributed by atoms with Crippen LogP contribution in [0.4, 0.5) is 0 Å². The summed E-state index contributed by atoms with van der Waals surface area (Å²) in [7, 11) is 0. The number of hydrogen-bond donors (Lipinski definition) is 0. The number of ether oxygens (including phenoxy) is 1. The average Bonchev–Trinajstić information content (AvgIpc) is 2.65. The van der Waals surface area contributed by atoms with E-state index in [2.05, 4.69) is 40.8 Å². The molecule has 0 saturated heterocycles. The fourth-order valence-electron chi connectivity index (χ4n) is 2.65. The van der Waals surface area contributed by atoms with Gasteiger partial charge in [0.05, 0.1) is 14.8 Å². The van der Waals surface area contributed by atoms with Gasteiger partial charge < -0.3 is 4.74 Å². The van der Waals surface area contributed by atoms with Crippen LogP contribution < -0.4 is 4.74 Å². The summed E-state index contributed by atoms with van der Waals surface area (Å²) in [6.07, 6.45) is 0. The summed E-state index contributed by atoms with van der Waals surface area (Å²) in [5.74, 6) is 1.68. The number of benzene rings is 3. The second-order valence-corrected chi connectivity index (χ2v) is 6.48. The Morgan fingerprint density at radius 3 is 2.08 bits per heavy atom. The summed E-state index contributed by atoms with van der Waals surface area (Å²) in [6.45, 7) is 0. The van der Waals surface area contributed by atoms with E-state index in [1.54, 1.807) is 0 Å². The van der Waals surface area contributed by atoms with Crippen molar-refractivity contribution in [2.24, 2.45) is 0 Å². The third-order valence-corrected chi connectivity index (χ3v) is 4.80. The Labute approximate surface area is 154 Å². The molecule has 0 bridgehead atoms. The molecule has 0 N–H and O–H groups in total. The Bertz CT molecular complexity index is 985. The van der Waals surface area contributed by atoms with Gasteiger partial charge in [-0.3, -0.25) is 0 Å². The highest BCUT2D eigenvalue weighted by atomic mass is 127. The molecule has 4 rings (SSSR count). The van der Waals surface area contributed by atoms with E-state index in [-0.39, 0.29) is 0 Å². The molecule has 2 nitrogen and oxygen atoms in total. The lowest BCUT2D eigenvalue weighted by atomic mass is 10.1. The van der Waals surface area contributed by atoms with Gasteiger partial charge in [0.25, 0.3) is 0 Å². The molecule has 0 aliphatic carbocycles. The van der Waals surface area contributed by atoms with Crippen LogP contribution in [-0.4, -0.2) is 4.98 Å². The van der Waals surface area contributed by atoms with Crippen molar-refractivity contribution in [1.82, 2.24) is 4.98 Å². The Kier molecular flexibility index (Phi) is 4.17. The van der Waals surface area contributed by atoms with Crippen molar-refractivity contribution in [1.29, 1.82) is 0 Å². The zero-order chi connectivity index (χ0) is 16.4. The molecular formula is C21H14INO. The van der Waals surface area contributed by atoms with Crippen molar-refractivity contribution in [2.45, 2.75) is 0 Å². The molecule has 0 spiro atoms. The number of fused-ring (bicyclic) bond motifs is 1. The van der Waals surface area contributed by atoms with Crippen LogP contribution in [0.25, 0.3) is 22.2 Å². The van der Waals surface area contributed by atoms with Crippen LogP contribution >= 0.6 is 22.6 Å². The van der Waals surface area contributed by atoms with Gasteiger partial charge in [0.1, 0.15) is 5.75 Å². The fraction of sp³-hybridized carbons (Fsp3) is 0. The van der Waals surface area contributed by atoms with Gasteiger partial charge in [-0.25, -0.2) is 4.98 Å². The SMILES string of the molecule is Ic1c(-c2ccccc2)nc2ccccc2c1Oc1ccccc1. The quantitative estimate of drug-likeness (QED) is 0.361. The van der Waals surface area contributed by atoms with Gasteiger partial charge in [-0.05, 0) is 46.9 Å². The number of nitrogens with zero attached hydrogens (tertiary/aromatic N) is 1. The van der Waals surface area contributed by atoms with Gasteiger partial charge in [-0.1, -0.05) is 60.7 Å².